The molecule has 1 unspecified atom stereocenters. The van der Waals surface area contributed by atoms with Crippen LogP contribution in [0.15, 0.2) is 10.7 Å². The predicted octanol–water partition coefficient (Wildman–Crippen LogP) is 3.39. The maximum Gasteiger partial charge on any atom is 0.102 e. The van der Waals surface area contributed by atoms with Crippen LogP contribution in [-0.4, -0.2) is 17.7 Å². The molecule has 0 saturated carbocycles. The fraction of sp³-hybridized carbons (Fsp3) is 0.778. The van der Waals surface area contributed by atoms with E-state index in [0.29, 0.717) is 0 Å². The second-order valence-electron chi connectivity index (χ2n) is 2.89. The van der Waals surface area contributed by atoms with Gasteiger partial charge in [-0.15, -0.1) is 23.4 Å². The number of allylic oxidation sites excluding steroid dienone is 2. The Kier molecular flexibility index (Phi) is 4.30. The third-order valence-electron chi connectivity index (χ3n) is 1.92. The number of hydrogen-bond donors (Lipinski definition) is 0. The van der Waals surface area contributed by atoms with Crippen molar-refractivity contribution in [2.24, 2.45) is 0 Å². The highest BCUT2D eigenvalue weighted by Crippen LogP contribution is 2.31. The van der Waals surface area contributed by atoms with Crippen LogP contribution in [-0.2, 0) is 4.74 Å². The van der Waals surface area contributed by atoms with Crippen LogP contribution in [0.25, 0.3) is 0 Å². The number of rotatable bonds is 3. The van der Waals surface area contributed by atoms with Gasteiger partial charge in [0.1, 0.15) is 5.76 Å². The van der Waals surface area contributed by atoms with Crippen molar-refractivity contribution in [3.05, 3.63) is 10.7 Å². The molecule has 0 aromatic rings. The lowest BCUT2D eigenvalue weighted by Gasteiger charge is -2.19. The molecule has 1 nitrogen and oxygen atoms in total. The summed E-state index contributed by atoms with van der Waals surface area (Å²) >= 11 is 7.95. The van der Waals surface area contributed by atoms with Gasteiger partial charge in [0.2, 0.25) is 0 Å². The Bertz CT molecular complexity index is 179. The van der Waals surface area contributed by atoms with E-state index in [9.17, 15) is 0 Å². The second kappa shape index (κ2) is 5.03. The molecule has 0 aromatic carbocycles. The normalized spacial score (nSPS) is 20.6. The van der Waals surface area contributed by atoms with Crippen LogP contribution in [0.4, 0.5) is 0 Å². The van der Waals surface area contributed by atoms with Crippen molar-refractivity contribution in [1.82, 2.24) is 0 Å². The molecule has 1 heterocycles. The molecule has 3 heteroatoms. The molecule has 0 aromatic heterocycles. The quantitative estimate of drug-likeness (QED) is 0.655. The van der Waals surface area contributed by atoms with Gasteiger partial charge in [0.15, 0.2) is 0 Å². The summed E-state index contributed by atoms with van der Waals surface area (Å²) in [5, 5.41) is 0.268. The summed E-state index contributed by atoms with van der Waals surface area (Å²) in [5.74, 6) is 2.14. The summed E-state index contributed by atoms with van der Waals surface area (Å²) in [5.41, 5.74) is 0. The molecule has 70 valence electrons. The van der Waals surface area contributed by atoms with Gasteiger partial charge < -0.3 is 4.74 Å². The number of thioether (sulfide) groups is 1. The second-order valence-corrected chi connectivity index (χ2v) is 4.69. The van der Waals surface area contributed by atoms with Crippen molar-refractivity contribution in [3.63, 3.8) is 0 Å². The molecule has 0 saturated heterocycles. The summed E-state index contributed by atoms with van der Waals surface area (Å²) in [7, 11) is 0. The van der Waals surface area contributed by atoms with Crippen LogP contribution < -0.4 is 0 Å². The standard InChI is InChI=1S/C9H15ClOS/c1-3-8(10)6-9-7(2)11-4-5-12-9/h8H,3-6H2,1-2H3. The largest absolute Gasteiger partial charge is 0.497 e. The van der Waals surface area contributed by atoms with Crippen molar-refractivity contribution >= 4 is 23.4 Å². The number of alkyl halides is 1. The maximum absolute atomic E-state index is 6.06. The molecule has 1 aliphatic heterocycles. The van der Waals surface area contributed by atoms with Gasteiger partial charge in [0.25, 0.3) is 0 Å². The van der Waals surface area contributed by atoms with Gasteiger partial charge in [-0.05, 0) is 19.8 Å². The zero-order chi connectivity index (χ0) is 8.97. The molecule has 12 heavy (non-hydrogen) atoms. The molecule has 0 fully saturated rings. The number of hydrogen-bond acceptors (Lipinski definition) is 2. The maximum atomic E-state index is 6.06. The Morgan fingerprint density at radius 2 is 2.42 bits per heavy atom. The van der Waals surface area contributed by atoms with E-state index in [1.165, 1.54) is 4.91 Å². The zero-order valence-corrected chi connectivity index (χ0v) is 9.17. The Labute approximate surface area is 83.5 Å². The monoisotopic (exact) mass is 206 g/mol. The van der Waals surface area contributed by atoms with E-state index in [1.807, 2.05) is 18.7 Å². The molecule has 0 aliphatic carbocycles. The molecular formula is C9H15ClOS. The van der Waals surface area contributed by atoms with Crippen molar-refractivity contribution in [1.29, 1.82) is 0 Å². The van der Waals surface area contributed by atoms with Crippen molar-refractivity contribution in [2.75, 3.05) is 12.4 Å². The van der Waals surface area contributed by atoms with Crippen LogP contribution in [0.1, 0.15) is 26.7 Å². The summed E-state index contributed by atoms with van der Waals surface area (Å²) in [6.07, 6.45) is 1.99. The Morgan fingerprint density at radius 1 is 1.67 bits per heavy atom. The van der Waals surface area contributed by atoms with Gasteiger partial charge in [-0.2, -0.15) is 0 Å². The first kappa shape index (κ1) is 10.3. The van der Waals surface area contributed by atoms with Crippen LogP contribution in [0.3, 0.4) is 0 Å². The average Bonchev–Trinajstić information content (AvgIpc) is 2.09. The van der Waals surface area contributed by atoms with Crippen molar-refractivity contribution in [2.45, 2.75) is 32.1 Å². The highest BCUT2D eigenvalue weighted by molar-refractivity contribution is 8.03. The first-order valence-electron chi connectivity index (χ1n) is 4.33. The Balaban J connectivity index is 2.48. The molecule has 1 aliphatic rings. The van der Waals surface area contributed by atoms with Gasteiger partial charge in [-0.3, -0.25) is 0 Å². The van der Waals surface area contributed by atoms with Gasteiger partial charge in [-0.25, -0.2) is 0 Å². The third kappa shape index (κ3) is 2.91. The lowest BCUT2D eigenvalue weighted by Crippen LogP contribution is -2.07. The minimum atomic E-state index is 0.268. The fourth-order valence-corrected chi connectivity index (χ4v) is 2.33. The Morgan fingerprint density at radius 3 is 3.00 bits per heavy atom. The van der Waals surface area contributed by atoms with Crippen LogP contribution in [0, 0.1) is 0 Å². The van der Waals surface area contributed by atoms with Gasteiger partial charge in [-0.1, -0.05) is 6.92 Å². The van der Waals surface area contributed by atoms with Crippen LogP contribution in [0.2, 0.25) is 0 Å². The fourth-order valence-electron chi connectivity index (χ4n) is 1.09. The average molecular weight is 207 g/mol. The van der Waals surface area contributed by atoms with E-state index in [-0.39, 0.29) is 5.38 Å². The number of halogens is 1. The minimum absolute atomic E-state index is 0.268. The molecule has 1 rings (SSSR count). The summed E-state index contributed by atoms with van der Waals surface area (Å²) in [6.45, 7) is 4.99. The van der Waals surface area contributed by atoms with Crippen LogP contribution in [0.5, 0.6) is 0 Å². The molecule has 0 spiro atoms. The van der Waals surface area contributed by atoms with E-state index in [2.05, 4.69) is 6.92 Å². The molecule has 0 radical (unpaired) electrons. The van der Waals surface area contributed by atoms with Gasteiger partial charge in [0.05, 0.1) is 6.61 Å². The molecule has 1 atom stereocenters. The zero-order valence-electron chi connectivity index (χ0n) is 7.60. The summed E-state index contributed by atoms with van der Waals surface area (Å²) in [4.78, 5) is 1.34. The molecule has 0 N–H and O–H groups in total. The predicted molar refractivity (Wildman–Crippen MR) is 55.7 cm³/mol. The first-order chi connectivity index (χ1) is 5.74. The summed E-state index contributed by atoms with van der Waals surface area (Å²) < 4.78 is 5.44. The van der Waals surface area contributed by atoms with Crippen LogP contribution >= 0.6 is 23.4 Å². The minimum Gasteiger partial charge on any atom is -0.497 e. The van der Waals surface area contributed by atoms with E-state index in [4.69, 9.17) is 16.3 Å². The number of ether oxygens (including phenoxy) is 1. The summed E-state index contributed by atoms with van der Waals surface area (Å²) in [6, 6.07) is 0. The topological polar surface area (TPSA) is 9.23 Å². The van der Waals surface area contributed by atoms with Gasteiger partial charge >= 0.3 is 0 Å². The Hall–Kier alpha value is 0.180. The van der Waals surface area contributed by atoms with E-state index < -0.39 is 0 Å². The molecular weight excluding hydrogens is 192 g/mol. The lowest BCUT2D eigenvalue weighted by atomic mass is 10.2. The van der Waals surface area contributed by atoms with Crippen molar-refractivity contribution < 1.29 is 4.74 Å². The third-order valence-corrected chi connectivity index (χ3v) is 3.56. The highest BCUT2D eigenvalue weighted by Gasteiger charge is 2.13. The highest BCUT2D eigenvalue weighted by atomic mass is 35.5. The molecule has 0 bridgehead atoms. The smallest absolute Gasteiger partial charge is 0.102 e. The van der Waals surface area contributed by atoms with E-state index in [1.54, 1.807) is 0 Å². The molecule has 0 amide bonds. The SMILES string of the molecule is CCC(Cl)CC1=C(C)OCCS1. The van der Waals surface area contributed by atoms with E-state index >= 15 is 0 Å². The first-order valence-corrected chi connectivity index (χ1v) is 5.75. The van der Waals surface area contributed by atoms with Gasteiger partial charge in [0, 0.05) is 16.0 Å². The lowest BCUT2D eigenvalue weighted by molar-refractivity contribution is 0.228. The van der Waals surface area contributed by atoms with E-state index in [0.717, 1.165) is 31.0 Å². The van der Waals surface area contributed by atoms with Crippen molar-refractivity contribution in [3.8, 4) is 0 Å².